The van der Waals surface area contributed by atoms with Crippen LogP contribution in [0.15, 0.2) is 54.9 Å². The smallest absolute Gasteiger partial charge is 0.137 e. The predicted octanol–water partition coefficient (Wildman–Crippen LogP) is 2.87. The van der Waals surface area contributed by atoms with Crippen molar-refractivity contribution in [2.24, 2.45) is 0 Å². The van der Waals surface area contributed by atoms with Crippen molar-refractivity contribution in [3.63, 3.8) is 0 Å². The lowest BCUT2D eigenvalue weighted by molar-refractivity contribution is 1.19. The van der Waals surface area contributed by atoms with Crippen LogP contribution in [0.25, 0.3) is 16.9 Å². The molecule has 0 saturated heterocycles. The van der Waals surface area contributed by atoms with Gasteiger partial charge in [-0.15, -0.1) is 0 Å². The van der Waals surface area contributed by atoms with Gasteiger partial charge in [-0.1, -0.05) is 18.2 Å². The van der Waals surface area contributed by atoms with Crippen LogP contribution in [0.5, 0.6) is 0 Å². The van der Waals surface area contributed by atoms with E-state index in [1.165, 1.54) is 0 Å². The predicted molar refractivity (Wildman–Crippen MR) is 65.3 cm³/mol. The molecular formula is C14H9N3. The molecule has 3 nitrogen and oxygen atoms in total. The summed E-state index contributed by atoms with van der Waals surface area (Å²) in [4.78, 5) is 4.52. The van der Waals surface area contributed by atoms with Crippen LogP contribution >= 0.6 is 0 Å². The lowest BCUT2D eigenvalue weighted by atomic mass is 10.1. The fourth-order valence-electron chi connectivity index (χ4n) is 1.79. The highest BCUT2D eigenvalue weighted by atomic mass is 15.0. The maximum absolute atomic E-state index is 8.74. The molecular weight excluding hydrogens is 210 g/mol. The average Bonchev–Trinajstić information content (AvgIpc) is 2.82. The fraction of sp³-hybridized carbons (Fsp3) is 0. The van der Waals surface area contributed by atoms with Crippen LogP contribution in [-0.4, -0.2) is 9.38 Å². The standard InChI is InChI=1S/C14H9N3/c15-9-11-4-6-12(7-5-11)13-10-17-8-2-1-3-14(17)16-13/h1-8,10H. The third kappa shape index (κ3) is 1.66. The molecule has 0 aliphatic carbocycles. The van der Waals surface area contributed by atoms with Crippen LogP contribution in [0.3, 0.4) is 0 Å². The summed E-state index contributed by atoms with van der Waals surface area (Å²) in [5, 5.41) is 8.74. The van der Waals surface area contributed by atoms with Crippen molar-refractivity contribution in [3.05, 3.63) is 60.4 Å². The molecule has 0 atom stereocenters. The second-order valence-electron chi connectivity index (χ2n) is 3.78. The zero-order chi connectivity index (χ0) is 11.7. The second kappa shape index (κ2) is 3.76. The van der Waals surface area contributed by atoms with Crippen molar-refractivity contribution >= 4 is 5.65 Å². The molecule has 0 aliphatic rings. The van der Waals surface area contributed by atoms with E-state index in [-0.39, 0.29) is 0 Å². The number of imidazole rings is 1. The third-order valence-corrected chi connectivity index (χ3v) is 2.67. The zero-order valence-electron chi connectivity index (χ0n) is 9.04. The van der Waals surface area contributed by atoms with Gasteiger partial charge in [0.1, 0.15) is 5.65 Å². The molecule has 3 heteroatoms. The lowest BCUT2D eigenvalue weighted by Gasteiger charge is -1.94. The average molecular weight is 219 g/mol. The van der Waals surface area contributed by atoms with Crippen molar-refractivity contribution in [1.82, 2.24) is 9.38 Å². The van der Waals surface area contributed by atoms with E-state index >= 15 is 0 Å². The van der Waals surface area contributed by atoms with Crippen molar-refractivity contribution in [3.8, 4) is 17.3 Å². The molecule has 3 rings (SSSR count). The van der Waals surface area contributed by atoms with E-state index in [0.29, 0.717) is 5.56 Å². The van der Waals surface area contributed by atoms with Gasteiger partial charge in [0.05, 0.1) is 17.3 Å². The van der Waals surface area contributed by atoms with E-state index in [9.17, 15) is 0 Å². The van der Waals surface area contributed by atoms with Gasteiger partial charge in [-0.3, -0.25) is 0 Å². The highest BCUT2D eigenvalue weighted by Gasteiger charge is 2.03. The molecule has 0 bridgehead atoms. The molecule has 0 spiro atoms. The van der Waals surface area contributed by atoms with Gasteiger partial charge in [0, 0.05) is 18.0 Å². The molecule has 1 aromatic carbocycles. The normalized spacial score (nSPS) is 10.3. The largest absolute Gasteiger partial charge is 0.306 e. The summed E-state index contributed by atoms with van der Waals surface area (Å²) < 4.78 is 1.98. The Morgan fingerprint density at radius 1 is 1.06 bits per heavy atom. The molecule has 0 unspecified atom stereocenters. The van der Waals surface area contributed by atoms with Gasteiger partial charge in [-0.25, -0.2) is 4.98 Å². The van der Waals surface area contributed by atoms with Crippen molar-refractivity contribution in [1.29, 1.82) is 5.26 Å². The van der Waals surface area contributed by atoms with Crippen LogP contribution in [0, 0.1) is 11.3 Å². The molecule has 2 heterocycles. The number of fused-ring (bicyclic) bond motifs is 1. The molecule has 0 fully saturated rings. The van der Waals surface area contributed by atoms with Crippen LogP contribution in [0.2, 0.25) is 0 Å². The van der Waals surface area contributed by atoms with E-state index in [2.05, 4.69) is 11.1 Å². The molecule has 2 aromatic heterocycles. The number of pyridine rings is 1. The first kappa shape index (κ1) is 9.61. The van der Waals surface area contributed by atoms with Gasteiger partial charge in [-0.2, -0.15) is 5.26 Å². The van der Waals surface area contributed by atoms with Gasteiger partial charge in [0.2, 0.25) is 0 Å². The Balaban J connectivity index is 2.11. The van der Waals surface area contributed by atoms with Gasteiger partial charge in [0.25, 0.3) is 0 Å². The third-order valence-electron chi connectivity index (χ3n) is 2.67. The Bertz CT molecular complexity index is 669. The molecule has 0 N–H and O–H groups in total. The quantitative estimate of drug-likeness (QED) is 0.631. The number of rotatable bonds is 1. The SMILES string of the molecule is N#Cc1ccc(-c2cn3ccccc3n2)cc1. The van der Waals surface area contributed by atoms with Crippen molar-refractivity contribution in [2.75, 3.05) is 0 Å². The Morgan fingerprint density at radius 3 is 2.59 bits per heavy atom. The first-order valence-electron chi connectivity index (χ1n) is 5.31. The second-order valence-corrected chi connectivity index (χ2v) is 3.78. The van der Waals surface area contributed by atoms with E-state index in [1.54, 1.807) is 12.1 Å². The summed E-state index contributed by atoms with van der Waals surface area (Å²) in [5.41, 5.74) is 3.53. The summed E-state index contributed by atoms with van der Waals surface area (Å²) in [6.07, 6.45) is 3.95. The Kier molecular flexibility index (Phi) is 2.13. The Hall–Kier alpha value is -2.60. The number of aromatic nitrogens is 2. The molecule has 0 aliphatic heterocycles. The zero-order valence-corrected chi connectivity index (χ0v) is 9.04. The number of hydrogen-bond donors (Lipinski definition) is 0. The number of benzene rings is 1. The summed E-state index contributed by atoms with van der Waals surface area (Å²) in [5.74, 6) is 0. The topological polar surface area (TPSA) is 41.1 Å². The minimum atomic E-state index is 0.664. The van der Waals surface area contributed by atoms with Crippen LogP contribution in [-0.2, 0) is 0 Å². The van der Waals surface area contributed by atoms with E-state index in [1.807, 2.05) is 47.1 Å². The summed E-state index contributed by atoms with van der Waals surface area (Å²) in [6.45, 7) is 0. The molecule has 0 saturated carbocycles. The summed E-state index contributed by atoms with van der Waals surface area (Å²) in [7, 11) is 0. The Morgan fingerprint density at radius 2 is 1.88 bits per heavy atom. The Labute approximate surface area is 98.6 Å². The van der Waals surface area contributed by atoms with E-state index < -0.39 is 0 Å². The molecule has 3 aromatic rings. The lowest BCUT2D eigenvalue weighted by Crippen LogP contribution is -1.78. The monoisotopic (exact) mass is 219 g/mol. The number of nitrogens with zero attached hydrogens (tertiary/aromatic N) is 3. The minimum Gasteiger partial charge on any atom is -0.306 e. The summed E-state index contributed by atoms with van der Waals surface area (Å²) in [6, 6.07) is 15.4. The first-order valence-corrected chi connectivity index (χ1v) is 5.31. The summed E-state index contributed by atoms with van der Waals surface area (Å²) >= 11 is 0. The van der Waals surface area contributed by atoms with Gasteiger partial charge in [0.15, 0.2) is 0 Å². The van der Waals surface area contributed by atoms with Gasteiger partial charge >= 0.3 is 0 Å². The van der Waals surface area contributed by atoms with Gasteiger partial charge in [-0.05, 0) is 24.3 Å². The van der Waals surface area contributed by atoms with Crippen LogP contribution < -0.4 is 0 Å². The minimum absolute atomic E-state index is 0.664. The van der Waals surface area contributed by atoms with E-state index in [0.717, 1.165) is 16.9 Å². The van der Waals surface area contributed by atoms with Gasteiger partial charge < -0.3 is 4.40 Å². The maximum Gasteiger partial charge on any atom is 0.137 e. The van der Waals surface area contributed by atoms with Crippen LogP contribution in [0.1, 0.15) is 5.56 Å². The molecule has 17 heavy (non-hydrogen) atoms. The molecule has 0 radical (unpaired) electrons. The van der Waals surface area contributed by atoms with E-state index in [4.69, 9.17) is 5.26 Å². The fourth-order valence-corrected chi connectivity index (χ4v) is 1.79. The maximum atomic E-state index is 8.74. The van der Waals surface area contributed by atoms with Crippen LogP contribution in [0.4, 0.5) is 0 Å². The van der Waals surface area contributed by atoms with Crippen molar-refractivity contribution in [2.45, 2.75) is 0 Å². The first-order chi connectivity index (χ1) is 8.36. The van der Waals surface area contributed by atoms with Crippen molar-refractivity contribution < 1.29 is 0 Å². The molecule has 0 amide bonds. The highest BCUT2D eigenvalue weighted by Crippen LogP contribution is 2.19. The number of nitriles is 1. The molecule has 80 valence electrons. The number of hydrogen-bond acceptors (Lipinski definition) is 2. The highest BCUT2D eigenvalue weighted by molar-refractivity contribution is 5.63.